The Bertz CT molecular complexity index is 1440. The monoisotopic (exact) mass is 563 g/mol. The number of carbonyl (C=O) groups excluding carboxylic acids is 2. The van der Waals surface area contributed by atoms with Crippen molar-refractivity contribution in [3.63, 3.8) is 0 Å². The average Bonchev–Trinajstić information content (AvgIpc) is 3.08. The first-order chi connectivity index (χ1) is 18.7. The topological polar surface area (TPSA) is 98.6 Å². The number of aromatic nitrogens is 3. The van der Waals surface area contributed by atoms with Gasteiger partial charge < -0.3 is 18.9 Å². The predicted molar refractivity (Wildman–Crippen MR) is 137 cm³/mol. The van der Waals surface area contributed by atoms with Crippen LogP contribution >= 0.6 is 11.6 Å². The van der Waals surface area contributed by atoms with Crippen molar-refractivity contribution in [3.05, 3.63) is 53.3 Å². The van der Waals surface area contributed by atoms with Crippen LogP contribution in [0.5, 0.6) is 11.5 Å². The van der Waals surface area contributed by atoms with Crippen LogP contribution in [0, 0.1) is 5.92 Å². The predicted octanol–water partition coefficient (Wildman–Crippen LogP) is 4.94. The molecule has 0 unspecified atom stereocenters. The summed E-state index contributed by atoms with van der Waals surface area (Å²) in [5.41, 5.74) is -0.519. The molecule has 2 amide bonds. The lowest BCUT2D eigenvalue weighted by Gasteiger charge is -2.25. The minimum absolute atomic E-state index is 0.0218. The summed E-state index contributed by atoms with van der Waals surface area (Å²) < 4.78 is 52.6. The number of nitrogens with one attached hydrogen (secondary N) is 1. The third-order valence-electron chi connectivity index (χ3n) is 6.71. The van der Waals surface area contributed by atoms with Crippen molar-refractivity contribution >= 4 is 40.4 Å². The third kappa shape index (κ3) is 5.51. The van der Waals surface area contributed by atoms with Crippen molar-refractivity contribution < 1.29 is 32.2 Å². The van der Waals surface area contributed by atoms with E-state index in [1.807, 2.05) is 0 Å². The second-order valence-electron chi connectivity index (χ2n) is 9.36. The normalized spacial score (nSPS) is 17.5. The van der Waals surface area contributed by atoms with Gasteiger partial charge in [-0.15, -0.1) is 0 Å². The molecular formula is C26H25ClF3N5O4. The van der Waals surface area contributed by atoms with Crippen LogP contribution in [-0.4, -0.2) is 57.6 Å². The number of anilines is 1. The van der Waals surface area contributed by atoms with Gasteiger partial charge in [0.1, 0.15) is 23.9 Å². The summed E-state index contributed by atoms with van der Waals surface area (Å²) in [6, 6.07) is 3.52. The lowest BCUT2D eigenvalue weighted by molar-refractivity contribution is -0.141. The molecule has 13 heteroatoms. The first-order valence-corrected chi connectivity index (χ1v) is 12.8. The molecule has 1 N–H and O–H groups in total. The second-order valence-corrected chi connectivity index (χ2v) is 9.74. The van der Waals surface area contributed by atoms with Crippen LogP contribution in [0.2, 0.25) is 5.02 Å². The van der Waals surface area contributed by atoms with Crippen molar-refractivity contribution in [2.45, 2.75) is 32.0 Å². The molecule has 0 radical (unpaired) electrons. The van der Waals surface area contributed by atoms with Crippen LogP contribution in [0.1, 0.15) is 35.3 Å². The first-order valence-electron chi connectivity index (χ1n) is 12.4. The van der Waals surface area contributed by atoms with Gasteiger partial charge in [-0.05, 0) is 37.0 Å². The van der Waals surface area contributed by atoms with Crippen molar-refractivity contribution in [3.8, 4) is 11.5 Å². The molecule has 1 atom stereocenters. The number of likely N-dealkylation sites (tertiary alicyclic amines) is 1. The molecule has 0 saturated carbocycles. The number of rotatable bonds is 5. The summed E-state index contributed by atoms with van der Waals surface area (Å²) in [7, 11) is 0. The molecule has 1 fully saturated rings. The number of amides is 2. The molecule has 4 heterocycles. The van der Waals surface area contributed by atoms with Gasteiger partial charge in [0.25, 0.3) is 5.91 Å². The molecule has 2 aromatic heterocycles. The largest absolute Gasteiger partial charge is 0.486 e. The molecule has 0 aliphatic carbocycles. The van der Waals surface area contributed by atoms with E-state index in [9.17, 15) is 22.8 Å². The number of ether oxygens (including phenoxy) is 2. The molecular weight excluding hydrogens is 539 g/mol. The lowest BCUT2D eigenvalue weighted by atomic mass is 10.0. The van der Waals surface area contributed by atoms with Gasteiger partial charge in [-0.3, -0.25) is 19.9 Å². The van der Waals surface area contributed by atoms with Crippen molar-refractivity contribution in [2.24, 2.45) is 5.92 Å². The number of benzene rings is 1. The minimum atomic E-state index is -4.70. The zero-order chi connectivity index (χ0) is 27.7. The summed E-state index contributed by atoms with van der Waals surface area (Å²) >= 11 is 6.76. The van der Waals surface area contributed by atoms with Crippen molar-refractivity contribution in [1.82, 2.24) is 19.4 Å². The average molecular weight is 564 g/mol. The maximum Gasteiger partial charge on any atom is 0.433 e. The van der Waals surface area contributed by atoms with Crippen LogP contribution in [0.4, 0.5) is 19.1 Å². The standard InChI is InChI=1S/C26H25ClF3N5O4/c1-2-20(36)34-8-4-3-5-15(13-34)14-35-22-17(12-18-23(21(22)27)39-10-9-38-18)32-25(35)33-24(37)16-6-7-31-19(11-16)26(28,29)30/h2,6-7,11-12,15H,1,3-5,8-10,13-14H2,(H,32,33,37)/t15-/m1/s1. The zero-order valence-electron chi connectivity index (χ0n) is 20.8. The Balaban J connectivity index is 1.54. The van der Waals surface area contributed by atoms with Gasteiger partial charge in [0, 0.05) is 37.5 Å². The van der Waals surface area contributed by atoms with Crippen molar-refractivity contribution in [1.29, 1.82) is 0 Å². The highest BCUT2D eigenvalue weighted by atomic mass is 35.5. The van der Waals surface area contributed by atoms with Gasteiger partial charge in [0.15, 0.2) is 11.5 Å². The Hall–Kier alpha value is -3.80. The minimum Gasteiger partial charge on any atom is -0.486 e. The van der Waals surface area contributed by atoms with Crippen LogP contribution in [-0.2, 0) is 17.5 Å². The number of fused-ring (bicyclic) bond motifs is 2. The number of carbonyl (C=O) groups is 2. The highest BCUT2D eigenvalue weighted by molar-refractivity contribution is 6.37. The van der Waals surface area contributed by atoms with E-state index in [-0.39, 0.29) is 28.4 Å². The molecule has 3 aromatic rings. The fourth-order valence-corrected chi connectivity index (χ4v) is 5.23. The van der Waals surface area contributed by atoms with Gasteiger partial charge in [-0.1, -0.05) is 24.6 Å². The molecule has 2 aliphatic heterocycles. The number of alkyl halides is 3. The van der Waals surface area contributed by atoms with Gasteiger partial charge in [-0.2, -0.15) is 13.2 Å². The molecule has 1 saturated heterocycles. The van der Waals surface area contributed by atoms with Crippen LogP contribution in [0.15, 0.2) is 37.1 Å². The van der Waals surface area contributed by atoms with Crippen LogP contribution in [0.3, 0.4) is 0 Å². The van der Waals surface area contributed by atoms with Gasteiger partial charge in [0.05, 0.1) is 11.0 Å². The Morgan fingerprint density at radius 1 is 1.23 bits per heavy atom. The van der Waals surface area contributed by atoms with E-state index in [0.29, 0.717) is 61.4 Å². The Morgan fingerprint density at radius 2 is 2.03 bits per heavy atom. The molecule has 5 rings (SSSR count). The number of halogens is 4. The zero-order valence-corrected chi connectivity index (χ0v) is 21.5. The molecule has 1 aromatic carbocycles. The van der Waals surface area contributed by atoms with E-state index in [2.05, 4.69) is 21.9 Å². The molecule has 2 aliphatic rings. The molecule has 9 nitrogen and oxygen atoms in total. The van der Waals surface area contributed by atoms with E-state index in [0.717, 1.165) is 25.5 Å². The molecule has 206 valence electrons. The van der Waals surface area contributed by atoms with Crippen molar-refractivity contribution in [2.75, 3.05) is 31.6 Å². The van der Waals surface area contributed by atoms with Crippen LogP contribution < -0.4 is 14.8 Å². The molecule has 0 bridgehead atoms. The molecule has 0 spiro atoms. The summed E-state index contributed by atoms with van der Waals surface area (Å²) in [5, 5.41) is 2.89. The highest BCUT2D eigenvalue weighted by Gasteiger charge is 2.33. The summed E-state index contributed by atoms with van der Waals surface area (Å²) in [4.78, 5) is 35.0. The first kappa shape index (κ1) is 26.8. The fraction of sp³-hybridized carbons (Fsp3) is 0.385. The van der Waals surface area contributed by atoms with E-state index in [4.69, 9.17) is 21.1 Å². The lowest BCUT2D eigenvalue weighted by Crippen LogP contribution is -2.34. The van der Waals surface area contributed by atoms with Crippen LogP contribution in [0.25, 0.3) is 11.0 Å². The van der Waals surface area contributed by atoms with Gasteiger partial charge in [0.2, 0.25) is 11.9 Å². The third-order valence-corrected chi connectivity index (χ3v) is 7.07. The quantitative estimate of drug-likeness (QED) is 0.442. The van der Waals surface area contributed by atoms with E-state index in [1.54, 1.807) is 15.5 Å². The Kier molecular flexibility index (Phi) is 7.39. The van der Waals surface area contributed by atoms with E-state index in [1.165, 1.54) is 12.1 Å². The number of imidazole rings is 1. The van der Waals surface area contributed by atoms with E-state index < -0.39 is 17.8 Å². The number of hydrogen-bond donors (Lipinski definition) is 1. The highest BCUT2D eigenvalue weighted by Crippen LogP contribution is 2.44. The van der Waals surface area contributed by atoms with Gasteiger partial charge in [-0.25, -0.2) is 4.98 Å². The summed E-state index contributed by atoms with van der Waals surface area (Å²) in [6.07, 6.45) is 0.0341. The maximum absolute atomic E-state index is 13.2. The number of nitrogens with zero attached hydrogens (tertiary/aromatic N) is 4. The number of pyridine rings is 1. The Labute approximate surface area is 226 Å². The number of hydrogen-bond acceptors (Lipinski definition) is 6. The second kappa shape index (κ2) is 10.8. The Morgan fingerprint density at radius 3 is 2.79 bits per heavy atom. The smallest absolute Gasteiger partial charge is 0.433 e. The maximum atomic E-state index is 13.2. The fourth-order valence-electron chi connectivity index (χ4n) is 4.89. The SMILES string of the molecule is C=CC(=O)N1CCCC[C@@H](Cn2c(NC(=O)c3ccnc(C(F)(F)F)c3)nc3cc4c(c(Cl)c32)OCCO4)C1. The summed E-state index contributed by atoms with van der Waals surface area (Å²) in [5.74, 6) is -0.133. The van der Waals surface area contributed by atoms with E-state index >= 15 is 0 Å². The van der Waals surface area contributed by atoms with Gasteiger partial charge >= 0.3 is 6.18 Å². The molecule has 39 heavy (non-hydrogen) atoms. The summed E-state index contributed by atoms with van der Waals surface area (Å²) in [6.45, 7) is 5.62.